The zero-order valence-corrected chi connectivity index (χ0v) is 18.8. The number of hydrogen-bond acceptors (Lipinski definition) is 4. The molecule has 1 aliphatic carbocycles. The topological polar surface area (TPSA) is 88.5 Å². The van der Waals surface area contributed by atoms with E-state index in [-0.39, 0.29) is 5.91 Å². The third kappa shape index (κ3) is 5.37. The average Bonchev–Trinajstić information content (AvgIpc) is 3.62. The highest BCUT2D eigenvalue weighted by Gasteiger charge is 2.26. The third-order valence-electron chi connectivity index (χ3n) is 6.23. The van der Waals surface area contributed by atoms with Crippen molar-refractivity contribution in [1.82, 2.24) is 10.2 Å². The van der Waals surface area contributed by atoms with Gasteiger partial charge in [-0.25, -0.2) is 0 Å². The zero-order chi connectivity index (χ0) is 22.7. The lowest BCUT2D eigenvalue weighted by molar-refractivity contribution is -0.128. The number of amides is 1. The fraction of sp³-hybridized carbons (Fsp3) is 0.385. The van der Waals surface area contributed by atoms with E-state index in [0.29, 0.717) is 18.9 Å². The lowest BCUT2D eigenvalue weighted by atomic mass is 10.0. The molecule has 4 N–H and O–H groups in total. The number of nitrogens with one attached hydrogen (secondary N) is 3. The van der Waals surface area contributed by atoms with E-state index in [1.54, 1.807) is 18.7 Å². The van der Waals surface area contributed by atoms with Crippen LogP contribution in [0.5, 0.6) is 0 Å². The van der Waals surface area contributed by atoms with Crippen LogP contribution in [0, 0.1) is 11.3 Å². The summed E-state index contributed by atoms with van der Waals surface area (Å²) >= 11 is 0. The summed E-state index contributed by atoms with van der Waals surface area (Å²) in [6.07, 6.45) is 2.77. The highest BCUT2D eigenvalue weighted by Crippen LogP contribution is 2.29. The monoisotopic (exact) mass is 432 g/mol. The molecule has 2 aliphatic rings. The molecule has 1 amide bonds. The number of aliphatic hydroxyl groups excluding tert-OH is 1. The zero-order valence-electron chi connectivity index (χ0n) is 18.8. The van der Waals surface area contributed by atoms with Gasteiger partial charge in [-0.2, -0.15) is 0 Å². The number of hydrogen-bond donors (Lipinski definition) is 4. The minimum absolute atomic E-state index is 0.0385. The molecule has 1 saturated carbocycles. The highest BCUT2D eigenvalue weighted by molar-refractivity contribution is 6.07. The SMILES string of the molecule is CC(=O)N1CCC(NCC2CC2)=C(C(=N)Nc2cccc(-c3cccc(C(C)O)c3)c2)C1. The van der Waals surface area contributed by atoms with Crippen LogP contribution in [0.3, 0.4) is 0 Å². The second-order valence-corrected chi connectivity index (χ2v) is 8.85. The van der Waals surface area contributed by atoms with Crippen LogP contribution in [0.25, 0.3) is 11.1 Å². The molecule has 6 heteroatoms. The number of anilines is 1. The summed E-state index contributed by atoms with van der Waals surface area (Å²) in [5, 5.41) is 25.5. The van der Waals surface area contributed by atoms with Crippen molar-refractivity contribution in [1.29, 1.82) is 5.41 Å². The lowest BCUT2D eigenvalue weighted by Crippen LogP contribution is -2.41. The molecular weight excluding hydrogens is 400 g/mol. The number of amidine groups is 1. The van der Waals surface area contributed by atoms with Crippen LogP contribution in [-0.4, -0.2) is 41.4 Å². The Labute approximate surface area is 189 Å². The minimum Gasteiger partial charge on any atom is -0.389 e. The molecule has 1 heterocycles. The first-order valence-electron chi connectivity index (χ1n) is 11.4. The largest absolute Gasteiger partial charge is 0.389 e. The fourth-order valence-corrected chi connectivity index (χ4v) is 4.02. The summed E-state index contributed by atoms with van der Waals surface area (Å²) in [5.74, 6) is 1.10. The van der Waals surface area contributed by atoms with E-state index in [1.807, 2.05) is 48.5 Å². The van der Waals surface area contributed by atoms with E-state index in [1.165, 1.54) is 12.8 Å². The molecule has 1 unspecified atom stereocenters. The van der Waals surface area contributed by atoms with E-state index in [0.717, 1.165) is 52.5 Å². The van der Waals surface area contributed by atoms with Gasteiger partial charge in [-0.3, -0.25) is 10.2 Å². The lowest BCUT2D eigenvalue weighted by Gasteiger charge is -2.31. The summed E-state index contributed by atoms with van der Waals surface area (Å²) in [6.45, 7) is 5.43. The van der Waals surface area contributed by atoms with E-state index in [4.69, 9.17) is 5.41 Å². The Bertz CT molecular complexity index is 1040. The third-order valence-corrected chi connectivity index (χ3v) is 6.23. The van der Waals surface area contributed by atoms with Gasteiger partial charge >= 0.3 is 0 Å². The van der Waals surface area contributed by atoms with Crippen molar-refractivity contribution in [3.63, 3.8) is 0 Å². The smallest absolute Gasteiger partial charge is 0.219 e. The Hall–Kier alpha value is -3.12. The molecule has 168 valence electrons. The number of nitrogens with zero attached hydrogens (tertiary/aromatic N) is 1. The fourth-order valence-electron chi connectivity index (χ4n) is 4.02. The van der Waals surface area contributed by atoms with E-state index in [9.17, 15) is 9.90 Å². The summed E-state index contributed by atoms with van der Waals surface area (Å²) in [7, 11) is 0. The number of aliphatic hydroxyl groups is 1. The van der Waals surface area contributed by atoms with Crippen molar-refractivity contribution in [2.75, 3.05) is 25.0 Å². The van der Waals surface area contributed by atoms with Crippen LogP contribution >= 0.6 is 0 Å². The van der Waals surface area contributed by atoms with Gasteiger partial charge in [0.25, 0.3) is 0 Å². The Morgan fingerprint density at radius 1 is 1.19 bits per heavy atom. The van der Waals surface area contributed by atoms with E-state index < -0.39 is 6.10 Å². The molecule has 0 aromatic heterocycles. The van der Waals surface area contributed by atoms with Crippen LogP contribution in [0.1, 0.15) is 44.8 Å². The molecule has 1 aliphatic heterocycles. The first kappa shape index (κ1) is 22.1. The van der Waals surface area contributed by atoms with Gasteiger partial charge in [0, 0.05) is 43.4 Å². The molecule has 6 nitrogen and oxygen atoms in total. The molecular formula is C26H32N4O2. The number of rotatable bonds is 7. The van der Waals surface area contributed by atoms with Gasteiger partial charge in [0.2, 0.25) is 5.91 Å². The van der Waals surface area contributed by atoms with Crippen molar-refractivity contribution < 1.29 is 9.90 Å². The summed E-state index contributed by atoms with van der Waals surface area (Å²) in [5.41, 5.74) is 5.66. The molecule has 4 rings (SSSR count). The predicted octanol–water partition coefficient (Wildman–Crippen LogP) is 4.30. The van der Waals surface area contributed by atoms with Crippen LogP contribution in [0.4, 0.5) is 5.69 Å². The number of carbonyl (C=O) groups is 1. The van der Waals surface area contributed by atoms with Crippen molar-refractivity contribution in [2.45, 2.75) is 39.2 Å². The molecule has 0 saturated heterocycles. The maximum atomic E-state index is 12.0. The normalized spacial score (nSPS) is 17.2. The second-order valence-electron chi connectivity index (χ2n) is 8.85. The Morgan fingerprint density at radius 3 is 2.59 bits per heavy atom. The number of carbonyl (C=O) groups excluding carboxylic acids is 1. The summed E-state index contributed by atoms with van der Waals surface area (Å²) < 4.78 is 0. The van der Waals surface area contributed by atoms with E-state index >= 15 is 0 Å². The molecule has 2 aromatic rings. The molecule has 0 radical (unpaired) electrons. The molecule has 1 fully saturated rings. The Morgan fingerprint density at radius 2 is 1.91 bits per heavy atom. The quantitative estimate of drug-likeness (QED) is 0.388. The molecule has 0 spiro atoms. The first-order valence-corrected chi connectivity index (χ1v) is 11.4. The molecule has 2 aromatic carbocycles. The van der Waals surface area contributed by atoms with Gasteiger partial charge in [0.15, 0.2) is 0 Å². The average molecular weight is 433 g/mol. The van der Waals surface area contributed by atoms with Crippen molar-refractivity contribution in [3.05, 3.63) is 65.4 Å². The maximum absolute atomic E-state index is 12.0. The maximum Gasteiger partial charge on any atom is 0.219 e. The second kappa shape index (κ2) is 9.57. The highest BCUT2D eigenvalue weighted by atomic mass is 16.3. The van der Waals surface area contributed by atoms with Crippen LogP contribution in [0.15, 0.2) is 59.8 Å². The van der Waals surface area contributed by atoms with Gasteiger partial charge < -0.3 is 20.6 Å². The van der Waals surface area contributed by atoms with E-state index in [2.05, 4.69) is 10.6 Å². The van der Waals surface area contributed by atoms with Gasteiger partial charge in [-0.15, -0.1) is 0 Å². The molecule has 32 heavy (non-hydrogen) atoms. The van der Waals surface area contributed by atoms with Crippen molar-refractivity contribution >= 4 is 17.4 Å². The van der Waals surface area contributed by atoms with Gasteiger partial charge in [-0.05, 0) is 60.6 Å². The van der Waals surface area contributed by atoms with Crippen LogP contribution in [-0.2, 0) is 4.79 Å². The predicted molar refractivity (Wildman–Crippen MR) is 128 cm³/mol. The Kier molecular flexibility index (Phi) is 6.61. The molecule has 1 atom stereocenters. The van der Waals surface area contributed by atoms with Crippen molar-refractivity contribution in [3.8, 4) is 11.1 Å². The molecule has 0 bridgehead atoms. The van der Waals surface area contributed by atoms with Crippen molar-refractivity contribution in [2.24, 2.45) is 5.92 Å². The van der Waals surface area contributed by atoms with Crippen LogP contribution in [0.2, 0.25) is 0 Å². The van der Waals surface area contributed by atoms with Gasteiger partial charge in [0.05, 0.1) is 12.6 Å². The van der Waals surface area contributed by atoms with Gasteiger partial charge in [-0.1, -0.05) is 30.3 Å². The minimum atomic E-state index is -0.520. The first-order chi connectivity index (χ1) is 15.4. The Balaban J connectivity index is 1.54. The standard InChI is InChI=1S/C26H32N4O2/c1-17(31)20-5-3-6-21(13-20)22-7-4-8-23(14-22)29-26(27)24-16-30(18(2)32)12-11-25(24)28-15-19-9-10-19/h3-8,13-14,17,19,28,31H,9-12,15-16H2,1-2H3,(H2,27,29). The summed E-state index contributed by atoms with van der Waals surface area (Å²) in [4.78, 5) is 13.8. The summed E-state index contributed by atoms with van der Waals surface area (Å²) in [6, 6.07) is 15.8. The van der Waals surface area contributed by atoms with Gasteiger partial charge in [0.1, 0.15) is 5.84 Å². The van der Waals surface area contributed by atoms with Crippen LogP contribution < -0.4 is 10.6 Å². The number of benzene rings is 2.